The maximum Gasteiger partial charge on any atom is 0.125 e. The molecule has 18 heavy (non-hydrogen) atoms. The first-order chi connectivity index (χ1) is 8.79. The molecule has 96 valence electrons. The molecule has 0 radical (unpaired) electrons. The minimum absolute atomic E-state index is 0.721. The van der Waals surface area contributed by atoms with Crippen LogP contribution >= 0.6 is 11.3 Å². The zero-order valence-electron chi connectivity index (χ0n) is 10.3. The molecule has 1 heterocycles. The van der Waals surface area contributed by atoms with Crippen LogP contribution in [0.1, 0.15) is 10.6 Å². The van der Waals surface area contributed by atoms with Crippen molar-refractivity contribution in [2.45, 2.75) is 13.0 Å². The number of ether oxygens (including phenoxy) is 1. The van der Waals surface area contributed by atoms with Crippen LogP contribution in [-0.2, 0) is 13.0 Å². The molecule has 0 atom stereocenters. The van der Waals surface area contributed by atoms with Crippen molar-refractivity contribution in [3.05, 3.63) is 40.3 Å². The molecule has 1 aromatic heterocycles. The van der Waals surface area contributed by atoms with Crippen molar-refractivity contribution in [1.82, 2.24) is 10.3 Å². The minimum atomic E-state index is 0.721. The van der Waals surface area contributed by atoms with Gasteiger partial charge in [0, 0.05) is 48.4 Å². The number of aromatic nitrogens is 1. The Morgan fingerprint density at radius 3 is 3.06 bits per heavy atom. The van der Waals surface area contributed by atoms with Gasteiger partial charge < -0.3 is 15.8 Å². The number of methoxy groups -OCH3 is 1. The first-order valence-corrected chi connectivity index (χ1v) is 6.69. The summed E-state index contributed by atoms with van der Waals surface area (Å²) < 4.78 is 5.30. The van der Waals surface area contributed by atoms with Crippen LogP contribution in [0, 0.1) is 0 Å². The van der Waals surface area contributed by atoms with Gasteiger partial charge in [-0.05, 0) is 6.07 Å². The number of thiazole rings is 1. The lowest BCUT2D eigenvalue weighted by atomic mass is 10.2. The zero-order valence-corrected chi connectivity index (χ0v) is 11.2. The van der Waals surface area contributed by atoms with Crippen LogP contribution in [0.5, 0.6) is 5.75 Å². The van der Waals surface area contributed by atoms with E-state index in [2.05, 4.69) is 10.3 Å². The van der Waals surface area contributed by atoms with E-state index < -0.39 is 0 Å². The summed E-state index contributed by atoms with van der Waals surface area (Å²) in [6.07, 6.45) is 2.79. The number of nitrogen functional groups attached to an aromatic ring is 1. The highest BCUT2D eigenvalue weighted by atomic mass is 32.1. The van der Waals surface area contributed by atoms with Crippen molar-refractivity contribution >= 4 is 17.0 Å². The van der Waals surface area contributed by atoms with Gasteiger partial charge in [-0.3, -0.25) is 0 Å². The lowest BCUT2D eigenvalue weighted by Crippen LogP contribution is -2.17. The highest BCUT2D eigenvalue weighted by molar-refractivity contribution is 7.09. The second-order valence-corrected chi connectivity index (χ2v) is 4.90. The third kappa shape index (κ3) is 3.45. The van der Waals surface area contributed by atoms with Crippen LogP contribution < -0.4 is 15.8 Å². The molecule has 0 bridgehead atoms. The van der Waals surface area contributed by atoms with E-state index in [1.165, 1.54) is 0 Å². The smallest absolute Gasteiger partial charge is 0.125 e. The quantitative estimate of drug-likeness (QED) is 0.618. The highest BCUT2D eigenvalue weighted by Crippen LogP contribution is 2.21. The number of hydrogen-bond donors (Lipinski definition) is 2. The second kappa shape index (κ2) is 6.37. The summed E-state index contributed by atoms with van der Waals surface area (Å²) in [6.45, 7) is 1.68. The topological polar surface area (TPSA) is 60.2 Å². The number of nitrogens with zero attached hydrogens (tertiary/aromatic N) is 1. The molecule has 2 rings (SSSR count). The Morgan fingerprint density at radius 2 is 2.33 bits per heavy atom. The third-order valence-electron chi connectivity index (χ3n) is 2.63. The molecular weight excluding hydrogens is 246 g/mol. The molecule has 0 fully saturated rings. The SMILES string of the molecule is COc1cc(N)ccc1CNCCc1nccs1. The lowest BCUT2D eigenvalue weighted by molar-refractivity contribution is 0.408. The standard InChI is InChI=1S/C13H17N3OS/c1-17-12-8-11(14)3-2-10(12)9-15-5-4-13-16-6-7-18-13/h2-3,6-8,15H,4-5,9,14H2,1H3. The van der Waals surface area contributed by atoms with Crippen molar-refractivity contribution in [2.75, 3.05) is 19.4 Å². The summed E-state index contributed by atoms with van der Waals surface area (Å²) in [7, 11) is 1.66. The third-order valence-corrected chi connectivity index (χ3v) is 3.47. The summed E-state index contributed by atoms with van der Waals surface area (Å²) in [5, 5.41) is 6.54. The predicted octanol–water partition coefficient (Wildman–Crippen LogP) is 2.07. The molecule has 3 N–H and O–H groups in total. The molecule has 0 saturated heterocycles. The predicted molar refractivity (Wildman–Crippen MR) is 74.9 cm³/mol. The monoisotopic (exact) mass is 263 g/mol. The van der Waals surface area contributed by atoms with Gasteiger partial charge in [0.05, 0.1) is 12.1 Å². The van der Waals surface area contributed by atoms with Gasteiger partial charge in [-0.15, -0.1) is 11.3 Å². The lowest BCUT2D eigenvalue weighted by Gasteiger charge is -2.10. The summed E-state index contributed by atoms with van der Waals surface area (Å²) in [4.78, 5) is 4.24. The van der Waals surface area contributed by atoms with Crippen molar-refractivity contribution in [3.8, 4) is 5.75 Å². The largest absolute Gasteiger partial charge is 0.496 e. The fourth-order valence-electron chi connectivity index (χ4n) is 1.70. The average Bonchev–Trinajstić information content (AvgIpc) is 2.89. The van der Waals surface area contributed by atoms with E-state index in [1.807, 2.05) is 29.8 Å². The Kier molecular flexibility index (Phi) is 4.55. The van der Waals surface area contributed by atoms with Crippen molar-refractivity contribution < 1.29 is 4.74 Å². The Hall–Kier alpha value is -1.59. The molecule has 4 nitrogen and oxygen atoms in total. The van der Waals surface area contributed by atoms with E-state index in [1.54, 1.807) is 18.4 Å². The first kappa shape index (κ1) is 12.9. The summed E-state index contributed by atoms with van der Waals surface area (Å²) >= 11 is 1.69. The molecule has 0 aliphatic heterocycles. The Morgan fingerprint density at radius 1 is 1.44 bits per heavy atom. The first-order valence-electron chi connectivity index (χ1n) is 5.81. The number of hydrogen-bond acceptors (Lipinski definition) is 5. The zero-order chi connectivity index (χ0) is 12.8. The van der Waals surface area contributed by atoms with E-state index in [-0.39, 0.29) is 0 Å². The molecule has 1 aromatic carbocycles. The molecule has 0 amide bonds. The normalized spacial score (nSPS) is 10.5. The van der Waals surface area contributed by atoms with Crippen molar-refractivity contribution in [3.63, 3.8) is 0 Å². The van der Waals surface area contributed by atoms with Gasteiger partial charge in [-0.2, -0.15) is 0 Å². The summed E-state index contributed by atoms with van der Waals surface area (Å²) in [5.41, 5.74) is 7.55. The number of nitrogens with two attached hydrogens (primary N) is 1. The Balaban J connectivity index is 1.83. The second-order valence-electron chi connectivity index (χ2n) is 3.92. The fourth-order valence-corrected chi connectivity index (χ4v) is 2.32. The molecule has 0 spiro atoms. The van der Waals surface area contributed by atoms with Crippen LogP contribution in [0.15, 0.2) is 29.8 Å². The minimum Gasteiger partial charge on any atom is -0.496 e. The van der Waals surface area contributed by atoms with Crippen LogP contribution in [0.25, 0.3) is 0 Å². The number of rotatable bonds is 6. The molecule has 0 aliphatic rings. The highest BCUT2D eigenvalue weighted by Gasteiger charge is 2.03. The number of nitrogens with one attached hydrogen (secondary N) is 1. The molecular formula is C13H17N3OS. The van der Waals surface area contributed by atoms with E-state index in [0.29, 0.717) is 0 Å². The van der Waals surface area contributed by atoms with Gasteiger partial charge in [0.2, 0.25) is 0 Å². The molecule has 2 aromatic rings. The van der Waals surface area contributed by atoms with Crippen molar-refractivity contribution in [2.24, 2.45) is 0 Å². The molecule has 5 heteroatoms. The molecule has 0 aliphatic carbocycles. The van der Waals surface area contributed by atoms with Gasteiger partial charge in [-0.25, -0.2) is 4.98 Å². The fraction of sp³-hybridized carbons (Fsp3) is 0.308. The Bertz CT molecular complexity index is 485. The maximum atomic E-state index is 5.71. The summed E-state index contributed by atoms with van der Waals surface area (Å²) in [5.74, 6) is 0.830. The van der Waals surface area contributed by atoms with Gasteiger partial charge in [0.15, 0.2) is 0 Å². The van der Waals surface area contributed by atoms with Crippen molar-refractivity contribution in [1.29, 1.82) is 0 Å². The van der Waals surface area contributed by atoms with Crippen LogP contribution in [0.4, 0.5) is 5.69 Å². The number of benzene rings is 1. The van der Waals surface area contributed by atoms with Crippen LogP contribution in [-0.4, -0.2) is 18.6 Å². The molecule has 0 unspecified atom stereocenters. The van der Waals surface area contributed by atoms with E-state index >= 15 is 0 Å². The van der Waals surface area contributed by atoms with Gasteiger partial charge >= 0.3 is 0 Å². The molecule has 0 saturated carbocycles. The van der Waals surface area contributed by atoms with Gasteiger partial charge in [0.1, 0.15) is 5.75 Å². The number of anilines is 1. The van der Waals surface area contributed by atoms with Crippen LogP contribution in [0.2, 0.25) is 0 Å². The van der Waals surface area contributed by atoms with Crippen LogP contribution in [0.3, 0.4) is 0 Å². The van der Waals surface area contributed by atoms with E-state index in [9.17, 15) is 0 Å². The van der Waals surface area contributed by atoms with Gasteiger partial charge in [0.25, 0.3) is 0 Å². The Labute approximate surface area is 111 Å². The maximum absolute atomic E-state index is 5.71. The van der Waals surface area contributed by atoms with Gasteiger partial charge in [-0.1, -0.05) is 6.07 Å². The van der Waals surface area contributed by atoms with E-state index in [4.69, 9.17) is 10.5 Å². The summed E-state index contributed by atoms with van der Waals surface area (Å²) in [6, 6.07) is 5.72. The van der Waals surface area contributed by atoms with E-state index in [0.717, 1.165) is 41.5 Å². The average molecular weight is 263 g/mol.